The van der Waals surface area contributed by atoms with Crippen LogP contribution >= 0.6 is 23.2 Å². The van der Waals surface area contributed by atoms with Gasteiger partial charge < -0.3 is 10.1 Å². The molecule has 2 heterocycles. The van der Waals surface area contributed by atoms with Gasteiger partial charge in [-0.25, -0.2) is 0 Å². The normalized spacial score (nSPS) is 20.5. The number of quaternary nitrogens is 1. The quantitative estimate of drug-likeness (QED) is 0.294. The lowest BCUT2D eigenvalue weighted by molar-refractivity contribution is -0.127. The Kier molecular flexibility index (Phi) is 9.06. The summed E-state index contributed by atoms with van der Waals surface area (Å²) in [6.45, 7) is 2.45. The van der Waals surface area contributed by atoms with Crippen LogP contribution in [0.3, 0.4) is 0 Å². The van der Waals surface area contributed by atoms with Crippen LogP contribution in [0.2, 0.25) is 10.0 Å². The van der Waals surface area contributed by atoms with E-state index in [4.69, 9.17) is 27.9 Å². The Morgan fingerprint density at radius 2 is 1.71 bits per heavy atom. The highest BCUT2D eigenvalue weighted by Gasteiger charge is 2.60. The van der Waals surface area contributed by atoms with Crippen LogP contribution in [-0.2, 0) is 38.1 Å². The number of halogens is 2. The van der Waals surface area contributed by atoms with Crippen LogP contribution in [0.15, 0.2) is 72.8 Å². The van der Waals surface area contributed by atoms with Crippen molar-refractivity contribution in [2.45, 2.75) is 37.5 Å². The first-order valence-corrected chi connectivity index (χ1v) is 16.2. The summed E-state index contributed by atoms with van der Waals surface area (Å²) in [4.78, 5) is 14.0. The molecule has 1 amide bonds. The van der Waals surface area contributed by atoms with E-state index in [9.17, 15) is 13.2 Å². The number of hydrogen-bond donors (Lipinski definition) is 3. The molecule has 0 radical (unpaired) electrons. The number of nitrogens with one attached hydrogen (secondary N) is 3. The van der Waals surface area contributed by atoms with E-state index in [1.165, 1.54) is 6.26 Å². The number of rotatable bonds is 10. The number of piperidine rings is 1. The Morgan fingerprint density at radius 1 is 1.00 bits per heavy atom. The van der Waals surface area contributed by atoms with Gasteiger partial charge in [-0.15, -0.1) is 0 Å². The highest BCUT2D eigenvalue weighted by atomic mass is 35.5. The van der Waals surface area contributed by atoms with Gasteiger partial charge in [0.25, 0.3) is 5.91 Å². The molecule has 0 aromatic heterocycles. The molecule has 3 aromatic rings. The summed E-state index contributed by atoms with van der Waals surface area (Å²) < 4.78 is 32.6. The maximum absolute atomic E-state index is 14.0. The second-order valence-corrected chi connectivity index (χ2v) is 13.7. The molecule has 8 nitrogen and oxygen atoms in total. The van der Waals surface area contributed by atoms with Crippen molar-refractivity contribution in [3.8, 4) is 0 Å². The van der Waals surface area contributed by atoms with Gasteiger partial charge in [0, 0.05) is 18.2 Å². The Hall–Kier alpha value is -2.50. The van der Waals surface area contributed by atoms with E-state index in [0.717, 1.165) is 42.6 Å². The first-order chi connectivity index (χ1) is 19.6. The van der Waals surface area contributed by atoms with Gasteiger partial charge in [0.1, 0.15) is 12.6 Å². The number of hydrogen-bond acceptors (Lipinski definition) is 6. The molecule has 1 spiro atoms. The molecule has 0 aliphatic carbocycles. The van der Waals surface area contributed by atoms with E-state index in [1.807, 2.05) is 60.7 Å². The highest BCUT2D eigenvalue weighted by molar-refractivity contribution is 7.90. The third kappa shape index (κ3) is 6.32. The van der Waals surface area contributed by atoms with Crippen molar-refractivity contribution in [3.63, 3.8) is 0 Å². The first-order valence-electron chi connectivity index (χ1n) is 13.6. The van der Waals surface area contributed by atoms with E-state index in [0.29, 0.717) is 28.9 Å². The van der Waals surface area contributed by atoms with Gasteiger partial charge in [-0.1, -0.05) is 81.8 Å². The number of nitrogens with zero attached hydrogens (tertiary/aromatic N) is 1. The molecular weight excluding hydrogens is 583 g/mol. The van der Waals surface area contributed by atoms with Crippen molar-refractivity contribution in [2.75, 3.05) is 32.5 Å². The highest BCUT2D eigenvalue weighted by Crippen LogP contribution is 2.50. The number of ether oxygens (including phenoxy) is 1. The summed E-state index contributed by atoms with van der Waals surface area (Å²) in [5, 5.41) is 7.48. The number of amides is 1. The fourth-order valence-corrected chi connectivity index (χ4v) is 7.46. The van der Waals surface area contributed by atoms with Crippen molar-refractivity contribution in [1.29, 1.82) is 0 Å². The first kappa shape index (κ1) is 30.0. The molecule has 3 N–H and O–H groups in total. The largest absolute Gasteiger partial charge is 0.375 e. The standard InChI is InChI=1S/C30H34Cl2N4O4S/c1-41(38,39)36(21-30(13-15-33-16-14-30)24-9-5-6-10-28(24)36)35-29(37)27(20-40-19-22-7-3-2-4-8-22)34-18-23-11-12-25(31)26(32)17-23/h2-12,17,27,33-34H,13-16,18-21H2,1H3/p+1. The van der Waals surface area contributed by atoms with Gasteiger partial charge in [0.2, 0.25) is 0 Å². The summed E-state index contributed by atoms with van der Waals surface area (Å²) >= 11 is 12.3. The molecule has 2 atom stereocenters. The van der Waals surface area contributed by atoms with Gasteiger partial charge in [0.05, 0.1) is 34.9 Å². The molecule has 218 valence electrons. The summed E-state index contributed by atoms with van der Waals surface area (Å²) in [5.74, 6) is -0.468. The van der Waals surface area contributed by atoms with Crippen LogP contribution in [-0.4, -0.2) is 52.9 Å². The third-order valence-electron chi connectivity index (χ3n) is 8.06. The van der Waals surface area contributed by atoms with Crippen molar-refractivity contribution in [3.05, 3.63) is 99.5 Å². The third-order valence-corrected chi connectivity index (χ3v) is 10.3. The van der Waals surface area contributed by atoms with Crippen molar-refractivity contribution in [1.82, 2.24) is 20.1 Å². The van der Waals surface area contributed by atoms with Crippen LogP contribution in [0.1, 0.15) is 29.5 Å². The van der Waals surface area contributed by atoms with Crippen LogP contribution in [0.4, 0.5) is 5.69 Å². The Morgan fingerprint density at radius 3 is 2.41 bits per heavy atom. The lowest BCUT2D eigenvalue weighted by atomic mass is 9.75. The second-order valence-electron chi connectivity index (χ2n) is 10.8. The van der Waals surface area contributed by atoms with E-state index < -0.39 is 26.0 Å². The maximum Gasteiger partial charge on any atom is 0.321 e. The van der Waals surface area contributed by atoms with Crippen LogP contribution in [0.5, 0.6) is 0 Å². The van der Waals surface area contributed by atoms with Crippen LogP contribution < -0.4 is 20.1 Å². The lowest BCUT2D eigenvalue weighted by Crippen LogP contribution is -2.68. The van der Waals surface area contributed by atoms with E-state index in [2.05, 4.69) is 16.1 Å². The molecule has 2 aliphatic rings. The van der Waals surface area contributed by atoms with Gasteiger partial charge in [-0.3, -0.25) is 10.1 Å². The minimum absolute atomic E-state index is 0.0303. The minimum atomic E-state index is -3.84. The molecule has 1 fully saturated rings. The molecule has 2 aliphatic heterocycles. The molecule has 0 saturated carbocycles. The number of benzene rings is 3. The van der Waals surface area contributed by atoms with Crippen LogP contribution in [0.25, 0.3) is 0 Å². The summed E-state index contributed by atoms with van der Waals surface area (Å²) in [6, 6.07) is 21.7. The molecule has 41 heavy (non-hydrogen) atoms. The number of carbonyl (C=O) groups is 1. The smallest absolute Gasteiger partial charge is 0.321 e. The number of fused-ring (bicyclic) bond motifs is 2. The predicted octanol–water partition coefficient (Wildman–Crippen LogP) is 4.30. The molecule has 5 rings (SSSR count). The topological polar surface area (TPSA) is 96.5 Å². The number of sulfonamides is 1. The SMILES string of the molecule is CS(=O)(=O)[N+]1(NC(=O)C(COCc2ccccc2)NCc2ccc(Cl)c(Cl)c2)CC2(CCNCC2)c2ccccc21. The van der Waals surface area contributed by atoms with E-state index >= 15 is 0 Å². The zero-order valence-electron chi connectivity index (χ0n) is 22.9. The molecule has 11 heteroatoms. The van der Waals surface area contributed by atoms with Crippen molar-refractivity contribution in [2.24, 2.45) is 0 Å². The Bertz CT molecular complexity index is 1500. The average molecular weight is 619 g/mol. The zero-order chi connectivity index (χ0) is 29.1. The molecule has 3 aromatic carbocycles. The summed E-state index contributed by atoms with van der Waals surface area (Å²) in [7, 11) is -3.84. The Balaban J connectivity index is 1.42. The molecule has 2 unspecified atom stereocenters. The van der Waals surface area contributed by atoms with Crippen molar-refractivity contribution >= 4 is 44.8 Å². The fourth-order valence-electron chi connectivity index (χ4n) is 5.89. The van der Waals surface area contributed by atoms with Crippen LogP contribution in [0, 0.1) is 0 Å². The second kappa shape index (κ2) is 12.4. The predicted molar refractivity (Wildman–Crippen MR) is 163 cm³/mol. The Labute approximate surface area is 251 Å². The van der Waals surface area contributed by atoms with E-state index in [-0.39, 0.29) is 18.6 Å². The zero-order valence-corrected chi connectivity index (χ0v) is 25.2. The van der Waals surface area contributed by atoms with Gasteiger partial charge in [0.15, 0.2) is 5.69 Å². The number of para-hydroxylation sites is 1. The monoisotopic (exact) mass is 617 g/mol. The van der Waals surface area contributed by atoms with E-state index in [1.54, 1.807) is 12.1 Å². The maximum atomic E-state index is 14.0. The minimum Gasteiger partial charge on any atom is -0.375 e. The fraction of sp³-hybridized carbons (Fsp3) is 0.367. The molecular formula is C30H35Cl2N4O4S+. The lowest BCUT2D eigenvalue weighted by Gasteiger charge is -2.36. The molecule has 1 saturated heterocycles. The van der Waals surface area contributed by atoms with Crippen molar-refractivity contribution < 1.29 is 17.9 Å². The summed E-state index contributed by atoms with van der Waals surface area (Å²) in [5.41, 5.74) is 5.98. The average Bonchev–Trinajstić information content (AvgIpc) is 3.23. The molecule has 0 bridgehead atoms. The van der Waals surface area contributed by atoms with Gasteiger partial charge >= 0.3 is 10.0 Å². The van der Waals surface area contributed by atoms with Gasteiger partial charge in [-0.2, -0.15) is 13.8 Å². The summed E-state index contributed by atoms with van der Waals surface area (Å²) in [6.07, 6.45) is 2.76. The van der Waals surface area contributed by atoms with Gasteiger partial charge in [-0.05, 0) is 49.2 Å². The number of carbonyl (C=O) groups excluding carboxylic acids is 1.